The number of rotatable bonds is 4. The van der Waals surface area contributed by atoms with Crippen molar-refractivity contribution in [3.63, 3.8) is 0 Å². The van der Waals surface area contributed by atoms with Gasteiger partial charge < -0.3 is 5.11 Å². The molecule has 2 N–H and O–H groups in total. The third kappa shape index (κ3) is 2.70. The van der Waals surface area contributed by atoms with Gasteiger partial charge in [0, 0.05) is 0 Å². The number of imide groups is 1. The first-order valence-corrected chi connectivity index (χ1v) is 6.29. The van der Waals surface area contributed by atoms with Crippen molar-refractivity contribution in [1.82, 2.24) is 5.32 Å². The van der Waals surface area contributed by atoms with Gasteiger partial charge in [-0.05, 0) is 25.5 Å². The Morgan fingerprint density at radius 1 is 1.40 bits per heavy atom. The molecular formula is C14H16N2O4. The molecule has 6 heteroatoms. The number of benzene rings is 1. The van der Waals surface area contributed by atoms with Gasteiger partial charge >= 0.3 is 5.97 Å². The smallest absolute Gasteiger partial charge is 0.317 e. The van der Waals surface area contributed by atoms with E-state index in [1.807, 2.05) is 26.0 Å². The number of carboxylic acids is 1. The van der Waals surface area contributed by atoms with Gasteiger partial charge in [-0.15, -0.1) is 0 Å². The SMILES string of the molecule is Cc1ccc(N2C(=O)CC(NCC(=O)O)C2=O)c(C)c1. The lowest BCUT2D eigenvalue weighted by molar-refractivity contribution is -0.136. The summed E-state index contributed by atoms with van der Waals surface area (Å²) in [5, 5.41) is 11.2. The fourth-order valence-corrected chi connectivity index (χ4v) is 2.31. The maximum absolute atomic E-state index is 12.2. The second kappa shape index (κ2) is 5.42. The van der Waals surface area contributed by atoms with Crippen LogP contribution in [-0.4, -0.2) is 35.5 Å². The summed E-state index contributed by atoms with van der Waals surface area (Å²) in [7, 11) is 0. The van der Waals surface area contributed by atoms with Gasteiger partial charge in [0.1, 0.15) is 0 Å². The lowest BCUT2D eigenvalue weighted by Gasteiger charge is -2.18. The minimum Gasteiger partial charge on any atom is -0.480 e. The van der Waals surface area contributed by atoms with Gasteiger partial charge in [0.15, 0.2) is 0 Å². The van der Waals surface area contributed by atoms with E-state index in [1.165, 1.54) is 0 Å². The first kappa shape index (κ1) is 14.2. The van der Waals surface area contributed by atoms with E-state index in [9.17, 15) is 14.4 Å². The fourth-order valence-electron chi connectivity index (χ4n) is 2.31. The number of carbonyl (C=O) groups is 3. The van der Waals surface area contributed by atoms with Gasteiger partial charge in [0.2, 0.25) is 5.91 Å². The van der Waals surface area contributed by atoms with Crippen LogP contribution in [0.2, 0.25) is 0 Å². The standard InChI is InChI=1S/C14H16N2O4/c1-8-3-4-11(9(2)5-8)16-12(17)6-10(14(16)20)15-7-13(18)19/h3-5,10,15H,6-7H2,1-2H3,(H,18,19). The highest BCUT2D eigenvalue weighted by atomic mass is 16.4. The summed E-state index contributed by atoms with van der Waals surface area (Å²) in [5.74, 6) is -1.77. The van der Waals surface area contributed by atoms with Crippen molar-refractivity contribution in [1.29, 1.82) is 0 Å². The summed E-state index contributed by atoms with van der Waals surface area (Å²) in [6.07, 6.45) is -0.0145. The zero-order chi connectivity index (χ0) is 14.9. The number of hydrogen-bond donors (Lipinski definition) is 2. The van der Waals surface area contributed by atoms with Crippen LogP contribution in [0.4, 0.5) is 5.69 Å². The number of carbonyl (C=O) groups excluding carboxylic acids is 2. The number of amides is 2. The molecule has 20 heavy (non-hydrogen) atoms. The Morgan fingerprint density at radius 2 is 2.10 bits per heavy atom. The van der Waals surface area contributed by atoms with Crippen LogP contribution in [0, 0.1) is 13.8 Å². The topological polar surface area (TPSA) is 86.7 Å². The molecule has 0 radical (unpaired) electrons. The summed E-state index contributed by atoms with van der Waals surface area (Å²) in [5.41, 5.74) is 2.45. The predicted molar refractivity (Wildman–Crippen MR) is 72.5 cm³/mol. The molecule has 1 aromatic carbocycles. The van der Waals surface area contributed by atoms with Crippen LogP contribution < -0.4 is 10.2 Å². The number of nitrogens with zero attached hydrogens (tertiary/aromatic N) is 1. The quantitative estimate of drug-likeness (QED) is 0.787. The largest absolute Gasteiger partial charge is 0.480 e. The minimum absolute atomic E-state index is 0.0145. The Hall–Kier alpha value is -2.21. The highest BCUT2D eigenvalue weighted by Gasteiger charge is 2.39. The molecule has 0 bridgehead atoms. The Morgan fingerprint density at radius 3 is 2.70 bits per heavy atom. The summed E-state index contributed by atoms with van der Waals surface area (Å²) >= 11 is 0. The second-order valence-electron chi connectivity index (χ2n) is 4.89. The molecule has 0 saturated carbocycles. The Balaban J connectivity index is 2.22. The van der Waals surface area contributed by atoms with E-state index in [0.29, 0.717) is 5.69 Å². The normalized spacial score (nSPS) is 18.7. The molecule has 0 spiro atoms. The van der Waals surface area contributed by atoms with E-state index in [2.05, 4.69) is 5.32 Å². The number of hydrogen-bond acceptors (Lipinski definition) is 4. The van der Waals surface area contributed by atoms with Gasteiger partial charge in [-0.2, -0.15) is 0 Å². The van der Waals surface area contributed by atoms with E-state index >= 15 is 0 Å². The van der Waals surface area contributed by atoms with Gasteiger partial charge in [-0.3, -0.25) is 19.7 Å². The molecule has 1 aliphatic heterocycles. The van der Waals surface area contributed by atoms with Crippen LogP contribution in [0.5, 0.6) is 0 Å². The number of carboxylic acid groups (broad SMARTS) is 1. The zero-order valence-corrected chi connectivity index (χ0v) is 11.3. The molecule has 1 saturated heterocycles. The molecule has 1 heterocycles. The zero-order valence-electron chi connectivity index (χ0n) is 11.3. The van der Waals surface area contributed by atoms with Crippen LogP contribution in [0.3, 0.4) is 0 Å². The molecule has 2 amide bonds. The van der Waals surface area contributed by atoms with Crippen molar-refractivity contribution in [3.05, 3.63) is 29.3 Å². The number of anilines is 1. The van der Waals surface area contributed by atoms with Crippen LogP contribution in [0.15, 0.2) is 18.2 Å². The van der Waals surface area contributed by atoms with Crippen molar-refractivity contribution >= 4 is 23.5 Å². The minimum atomic E-state index is -1.06. The maximum atomic E-state index is 12.2. The third-order valence-corrected chi connectivity index (χ3v) is 3.24. The molecule has 1 fully saturated rings. The average molecular weight is 276 g/mol. The van der Waals surface area contributed by atoms with Crippen molar-refractivity contribution in [2.45, 2.75) is 26.3 Å². The monoisotopic (exact) mass is 276 g/mol. The lowest BCUT2D eigenvalue weighted by Crippen LogP contribution is -2.41. The van der Waals surface area contributed by atoms with Crippen LogP contribution in [0.25, 0.3) is 0 Å². The van der Waals surface area contributed by atoms with Gasteiger partial charge in [-0.25, -0.2) is 4.90 Å². The molecule has 106 valence electrons. The number of aliphatic carboxylic acids is 1. The van der Waals surface area contributed by atoms with Gasteiger partial charge in [0.05, 0.1) is 24.7 Å². The van der Waals surface area contributed by atoms with E-state index in [-0.39, 0.29) is 18.9 Å². The van der Waals surface area contributed by atoms with E-state index in [0.717, 1.165) is 16.0 Å². The average Bonchev–Trinajstić information content (AvgIpc) is 2.63. The Labute approximate surface area is 116 Å². The molecule has 1 aliphatic rings. The summed E-state index contributed by atoms with van der Waals surface area (Å²) < 4.78 is 0. The molecule has 1 unspecified atom stereocenters. The highest BCUT2D eigenvalue weighted by Crippen LogP contribution is 2.26. The number of aryl methyl sites for hydroxylation is 2. The van der Waals surface area contributed by atoms with Crippen molar-refractivity contribution in [2.24, 2.45) is 0 Å². The molecule has 1 aromatic rings. The van der Waals surface area contributed by atoms with E-state index < -0.39 is 17.9 Å². The number of nitrogens with one attached hydrogen (secondary N) is 1. The summed E-state index contributed by atoms with van der Waals surface area (Å²) in [6.45, 7) is 3.42. The maximum Gasteiger partial charge on any atom is 0.317 e. The highest BCUT2D eigenvalue weighted by molar-refractivity contribution is 6.22. The van der Waals surface area contributed by atoms with Crippen LogP contribution in [-0.2, 0) is 14.4 Å². The predicted octanol–water partition coefficient (Wildman–Crippen LogP) is 0.610. The van der Waals surface area contributed by atoms with Crippen molar-refractivity contribution < 1.29 is 19.5 Å². The van der Waals surface area contributed by atoms with Crippen molar-refractivity contribution in [2.75, 3.05) is 11.4 Å². The van der Waals surface area contributed by atoms with Gasteiger partial charge in [0.25, 0.3) is 5.91 Å². The first-order valence-electron chi connectivity index (χ1n) is 6.29. The molecule has 0 aromatic heterocycles. The van der Waals surface area contributed by atoms with Gasteiger partial charge in [-0.1, -0.05) is 17.7 Å². The van der Waals surface area contributed by atoms with E-state index in [1.54, 1.807) is 6.07 Å². The molecule has 0 aliphatic carbocycles. The van der Waals surface area contributed by atoms with Crippen LogP contribution in [0.1, 0.15) is 17.5 Å². The summed E-state index contributed by atoms with van der Waals surface area (Å²) in [4.78, 5) is 35.9. The lowest BCUT2D eigenvalue weighted by atomic mass is 10.1. The molecular weight excluding hydrogens is 260 g/mol. The van der Waals surface area contributed by atoms with E-state index in [4.69, 9.17) is 5.11 Å². The van der Waals surface area contributed by atoms with Crippen LogP contribution >= 0.6 is 0 Å². The Kier molecular flexibility index (Phi) is 3.85. The summed E-state index contributed by atoms with van der Waals surface area (Å²) in [6, 6.07) is 4.70. The third-order valence-electron chi connectivity index (χ3n) is 3.24. The fraction of sp³-hybridized carbons (Fsp3) is 0.357. The molecule has 6 nitrogen and oxygen atoms in total. The second-order valence-corrected chi connectivity index (χ2v) is 4.89. The Bertz CT molecular complexity index is 583. The van der Waals surface area contributed by atoms with Crippen molar-refractivity contribution in [3.8, 4) is 0 Å². The molecule has 2 rings (SSSR count). The first-order chi connectivity index (χ1) is 9.40. The molecule has 1 atom stereocenters.